The van der Waals surface area contributed by atoms with Crippen LogP contribution in [0.2, 0.25) is 0 Å². The Morgan fingerprint density at radius 1 is 1.36 bits per heavy atom. The smallest absolute Gasteiger partial charge is 0.225 e. The summed E-state index contributed by atoms with van der Waals surface area (Å²) in [7, 11) is 1.68. The van der Waals surface area contributed by atoms with Crippen molar-refractivity contribution >= 4 is 22.4 Å². The number of carbonyl (C=O) groups excluding carboxylic acids is 1. The number of hydrogen-bond donors (Lipinski definition) is 1. The number of rotatable bonds is 3. The maximum atomic E-state index is 12.1. The summed E-state index contributed by atoms with van der Waals surface area (Å²) in [5, 5.41) is 1.18. The number of nitrogens with zero attached hydrogens (tertiary/aromatic N) is 1. The molecule has 0 fully saturated rings. The van der Waals surface area contributed by atoms with Gasteiger partial charge >= 0.3 is 0 Å². The lowest BCUT2D eigenvalue weighted by Gasteiger charge is -2.28. The van der Waals surface area contributed by atoms with Crippen LogP contribution in [0.4, 0.5) is 0 Å². The van der Waals surface area contributed by atoms with E-state index in [-0.39, 0.29) is 11.8 Å². The SMILES string of the molecule is COc1ccc2[nH]cc(C3=CCN(C(=O)C(C)C)CC3)c2c1. The molecule has 1 aromatic heterocycles. The molecule has 1 N–H and O–H groups in total. The lowest BCUT2D eigenvalue weighted by atomic mass is 9.98. The standard InChI is InChI=1S/C18H22N2O2/c1-12(2)18(21)20-8-6-13(7-9-20)16-11-19-17-5-4-14(22-3)10-15(16)17/h4-6,10-12,19H,7-9H2,1-3H3. The highest BCUT2D eigenvalue weighted by Crippen LogP contribution is 2.31. The molecule has 4 nitrogen and oxygen atoms in total. The lowest BCUT2D eigenvalue weighted by molar-refractivity contribution is -0.134. The molecule has 0 spiro atoms. The van der Waals surface area contributed by atoms with Crippen LogP contribution >= 0.6 is 0 Å². The number of methoxy groups -OCH3 is 1. The van der Waals surface area contributed by atoms with Crippen LogP contribution < -0.4 is 4.74 Å². The van der Waals surface area contributed by atoms with Crippen LogP contribution in [0.15, 0.2) is 30.5 Å². The van der Waals surface area contributed by atoms with E-state index in [4.69, 9.17) is 4.74 Å². The van der Waals surface area contributed by atoms with Crippen molar-refractivity contribution in [2.45, 2.75) is 20.3 Å². The fourth-order valence-electron chi connectivity index (χ4n) is 2.97. The molecular formula is C18H22N2O2. The van der Waals surface area contributed by atoms with Crippen LogP contribution in [0.5, 0.6) is 5.75 Å². The van der Waals surface area contributed by atoms with Gasteiger partial charge in [0.2, 0.25) is 5.91 Å². The molecule has 3 rings (SSSR count). The van der Waals surface area contributed by atoms with Crippen LogP contribution in [-0.4, -0.2) is 36.0 Å². The summed E-state index contributed by atoms with van der Waals surface area (Å²) in [4.78, 5) is 17.3. The van der Waals surface area contributed by atoms with Crippen molar-refractivity contribution in [1.29, 1.82) is 0 Å². The third kappa shape index (κ3) is 2.61. The highest BCUT2D eigenvalue weighted by atomic mass is 16.5. The number of hydrogen-bond acceptors (Lipinski definition) is 2. The average molecular weight is 298 g/mol. The van der Waals surface area contributed by atoms with Crippen molar-refractivity contribution in [2.75, 3.05) is 20.2 Å². The summed E-state index contributed by atoms with van der Waals surface area (Å²) in [6.45, 7) is 5.39. The molecule has 1 aliphatic heterocycles. The van der Waals surface area contributed by atoms with E-state index >= 15 is 0 Å². The van der Waals surface area contributed by atoms with Gasteiger partial charge in [-0.25, -0.2) is 0 Å². The second-order valence-electron chi connectivity index (χ2n) is 6.03. The zero-order valence-corrected chi connectivity index (χ0v) is 13.3. The quantitative estimate of drug-likeness (QED) is 0.943. The molecule has 0 aliphatic carbocycles. The van der Waals surface area contributed by atoms with Gasteiger partial charge in [-0.3, -0.25) is 4.79 Å². The summed E-state index contributed by atoms with van der Waals surface area (Å²) in [5.74, 6) is 1.16. The molecule has 0 saturated carbocycles. The monoisotopic (exact) mass is 298 g/mol. The molecule has 1 amide bonds. The van der Waals surface area contributed by atoms with Crippen LogP contribution in [0.3, 0.4) is 0 Å². The van der Waals surface area contributed by atoms with E-state index in [0.717, 1.165) is 24.2 Å². The third-order valence-electron chi connectivity index (χ3n) is 4.25. The maximum absolute atomic E-state index is 12.1. The van der Waals surface area contributed by atoms with Gasteiger partial charge in [0, 0.05) is 41.7 Å². The molecule has 0 unspecified atom stereocenters. The van der Waals surface area contributed by atoms with Crippen molar-refractivity contribution in [3.63, 3.8) is 0 Å². The first-order valence-corrected chi connectivity index (χ1v) is 7.73. The van der Waals surface area contributed by atoms with Crippen molar-refractivity contribution in [1.82, 2.24) is 9.88 Å². The summed E-state index contributed by atoms with van der Waals surface area (Å²) < 4.78 is 5.32. The number of benzene rings is 1. The van der Waals surface area contributed by atoms with Gasteiger partial charge in [0.1, 0.15) is 5.75 Å². The summed E-state index contributed by atoms with van der Waals surface area (Å²) in [6.07, 6.45) is 5.12. The number of H-pyrrole nitrogens is 1. The van der Waals surface area contributed by atoms with Gasteiger partial charge in [-0.2, -0.15) is 0 Å². The number of fused-ring (bicyclic) bond motifs is 1. The summed E-state index contributed by atoms with van der Waals surface area (Å²) in [5.41, 5.74) is 3.62. The first kappa shape index (κ1) is 14.7. The van der Waals surface area contributed by atoms with Crippen LogP contribution in [0, 0.1) is 5.92 Å². The van der Waals surface area contributed by atoms with Crippen LogP contribution in [-0.2, 0) is 4.79 Å². The summed E-state index contributed by atoms with van der Waals surface area (Å²) in [6, 6.07) is 6.06. The van der Waals surface area contributed by atoms with Crippen molar-refractivity contribution in [2.24, 2.45) is 5.92 Å². The van der Waals surface area contributed by atoms with E-state index in [1.807, 2.05) is 30.9 Å². The maximum Gasteiger partial charge on any atom is 0.225 e. The first-order chi connectivity index (χ1) is 10.6. The Morgan fingerprint density at radius 3 is 2.82 bits per heavy atom. The van der Waals surface area contributed by atoms with E-state index in [9.17, 15) is 4.79 Å². The molecule has 2 aromatic rings. The molecule has 116 valence electrons. The molecule has 0 bridgehead atoms. The zero-order valence-electron chi connectivity index (χ0n) is 13.3. The summed E-state index contributed by atoms with van der Waals surface area (Å²) >= 11 is 0. The number of aromatic nitrogens is 1. The fraction of sp³-hybridized carbons (Fsp3) is 0.389. The predicted molar refractivity (Wildman–Crippen MR) is 88.9 cm³/mol. The minimum absolute atomic E-state index is 0.0623. The van der Waals surface area contributed by atoms with E-state index in [2.05, 4.69) is 23.3 Å². The highest BCUT2D eigenvalue weighted by molar-refractivity contribution is 5.94. The molecule has 4 heteroatoms. The number of ether oxygens (including phenoxy) is 1. The lowest BCUT2D eigenvalue weighted by Crippen LogP contribution is -2.37. The Morgan fingerprint density at radius 2 is 2.18 bits per heavy atom. The van der Waals surface area contributed by atoms with Gasteiger partial charge in [0.05, 0.1) is 7.11 Å². The Balaban J connectivity index is 1.88. The molecule has 0 atom stereocenters. The third-order valence-corrected chi connectivity index (χ3v) is 4.25. The Kier molecular flexibility index (Phi) is 3.92. The average Bonchev–Trinajstić information content (AvgIpc) is 2.97. The van der Waals surface area contributed by atoms with E-state index < -0.39 is 0 Å². The van der Waals surface area contributed by atoms with Gasteiger partial charge in [-0.1, -0.05) is 19.9 Å². The number of carbonyl (C=O) groups is 1. The topological polar surface area (TPSA) is 45.3 Å². The number of amides is 1. The van der Waals surface area contributed by atoms with Gasteiger partial charge in [0.25, 0.3) is 0 Å². The molecule has 0 radical (unpaired) electrons. The van der Waals surface area contributed by atoms with Crippen molar-refractivity contribution < 1.29 is 9.53 Å². The van der Waals surface area contributed by atoms with E-state index in [1.165, 1.54) is 16.5 Å². The normalized spacial score (nSPS) is 15.3. The Bertz CT molecular complexity index is 728. The molecule has 1 aromatic carbocycles. The number of aromatic amines is 1. The van der Waals surface area contributed by atoms with Gasteiger partial charge < -0.3 is 14.6 Å². The molecule has 2 heterocycles. The molecular weight excluding hydrogens is 276 g/mol. The molecule has 1 aliphatic rings. The molecule has 22 heavy (non-hydrogen) atoms. The fourth-order valence-corrected chi connectivity index (χ4v) is 2.97. The van der Waals surface area contributed by atoms with Gasteiger partial charge in [-0.05, 0) is 30.2 Å². The second-order valence-corrected chi connectivity index (χ2v) is 6.03. The Labute approximate surface area is 130 Å². The van der Waals surface area contributed by atoms with Crippen molar-refractivity contribution in [3.8, 4) is 5.75 Å². The van der Waals surface area contributed by atoms with E-state index in [0.29, 0.717) is 6.54 Å². The first-order valence-electron chi connectivity index (χ1n) is 7.73. The molecule has 0 saturated heterocycles. The van der Waals surface area contributed by atoms with Crippen molar-refractivity contribution in [3.05, 3.63) is 36.0 Å². The van der Waals surface area contributed by atoms with Gasteiger partial charge in [0.15, 0.2) is 0 Å². The second kappa shape index (κ2) is 5.87. The van der Waals surface area contributed by atoms with E-state index in [1.54, 1.807) is 7.11 Å². The highest BCUT2D eigenvalue weighted by Gasteiger charge is 2.21. The van der Waals surface area contributed by atoms with Gasteiger partial charge in [-0.15, -0.1) is 0 Å². The largest absolute Gasteiger partial charge is 0.497 e. The van der Waals surface area contributed by atoms with Crippen LogP contribution in [0.1, 0.15) is 25.8 Å². The van der Waals surface area contributed by atoms with Crippen LogP contribution in [0.25, 0.3) is 16.5 Å². The Hall–Kier alpha value is -2.23. The zero-order chi connectivity index (χ0) is 15.7. The predicted octanol–water partition coefficient (Wildman–Crippen LogP) is 3.45. The number of nitrogens with one attached hydrogen (secondary N) is 1. The minimum Gasteiger partial charge on any atom is -0.497 e. The minimum atomic E-state index is 0.0623.